The standard InChI is InChI=1S/C26H36N4O2/c1-29(19-21-8-4-2-5-9-21)24(31)13-12-20-14-16-30(17-15-20)26(32)23-18-27-28-25(23)22-10-6-3-7-11-22/h2,4-5,8-9,18,20,22H,3,6-7,10-17,19H2,1H3,(H,27,28). The van der Waals surface area contributed by atoms with Crippen LogP contribution in [0.5, 0.6) is 0 Å². The highest BCUT2D eigenvalue weighted by molar-refractivity contribution is 5.95. The second kappa shape index (κ2) is 10.8. The van der Waals surface area contributed by atoms with E-state index in [4.69, 9.17) is 0 Å². The molecule has 2 amide bonds. The third-order valence-electron chi connectivity index (χ3n) is 7.27. The minimum atomic E-state index is 0.122. The Bertz CT molecular complexity index is 880. The molecule has 1 aromatic carbocycles. The van der Waals surface area contributed by atoms with Gasteiger partial charge in [-0.2, -0.15) is 5.10 Å². The van der Waals surface area contributed by atoms with Gasteiger partial charge >= 0.3 is 0 Å². The Morgan fingerprint density at radius 1 is 1.06 bits per heavy atom. The molecule has 172 valence electrons. The van der Waals surface area contributed by atoms with Crippen LogP contribution in [0.25, 0.3) is 0 Å². The molecule has 1 aromatic heterocycles. The van der Waals surface area contributed by atoms with Crippen molar-refractivity contribution in [3.63, 3.8) is 0 Å². The van der Waals surface area contributed by atoms with Crippen molar-refractivity contribution >= 4 is 11.8 Å². The molecule has 0 bridgehead atoms. The molecule has 1 aliphatic carbocycles. The first kappa shape index (κ1) is 22.6. The zero-order valence-electron chi connectivity index (χ0n) is 19.3. The summed E-state index contributed by atoms with van der Waals surface area (Å²) in [5.41, 5.74) is 2.97. The maximum absolute atomic E-state index is 13.2. The second-order valence-corrected chi connectivity index (χ2v) is 9.54. The van der Waals surface area contributed by atoms with E-state index in [1.54, 1.807) is 6.20 Å². The quantitative estimate of drug-likeness (QED) is 0.681. The van der Waals surface area contributed by atoms with E-state index in [0.717, 1.165) is 62.0 Å². The molecule has 4 rings (SSSR count). The lowest BCUT2D eigenvalue weighted by molar-refractivity contribution is -0.130. The number of rotatable bonds is 7. The predicted octanol–water partition coefficient (Wildman–Crippen LogP) is 4.75. The van der Waals surface area contributed by atoms with Crippen molar-refractivity contribution in [1.29, 1.82) is 0 Å². The summed E-state index contributed by atoms with van der Waals surface area (Å²) in [6.45, 7) is 2.19. The number of carbonyl (C=O) groups excluding carboxylic acids is 2. The maximum atomic E-state index is 13.2. The maximum Gasteiger partial charge on any atom is 0.257 e. The number of hydrogen-bond acceptors (Lipinski definition) is 3. The normalized spacial score (nSPS) is 18.0. The molecule has 32 heavy (non-hydrogen) atoms. The van der Waals surface area contributed by atoms with Gasteiger partial charge in [0.25, 0.3) is 5.91 Å². The van der Waals surface area contributed by atoms with Crippen molar-refractivity contribution in [3.8, 4) is 0 Å². The fourth-order valence-electron chi connectivity index (χ4n) is 5.23. The topological polar surface area (TPSA) is 69.3 Å². The Morgan fingerprint density at radius 2 is 1.78 bits per heavy atom. The summed E-state index contributed by atoms with van der Waals surface area (Å²) in [7, 11) is 1.88. The monoisotopic (exact) mass is 436 g/mol. The van der Waals surface area contributed by atoms with Crippen LogP contribution >= 0.6 is 0 Å². The first-order valence-corrected chi connectivity index (χ1v) is 12.2. The van der Waals surface area contributed by atoms with Gasteiger partial charge in [0.2, 0.25) is 5.91 Å². The summed E-state index contributed by atoms with van der Waals surface area (Å²) < 4.78 is 0. The number of nitrogens with zero attached hydrogens (tertiary/aromatic N) is 3. The SMILES string of the molecule is CN(Cc1ccccc1)C(=O)CCC1CCN(C(=O)c2cn[nH]c2C2CCCCC2)CC1. The number of carbonyl (C=O) groups is 2. The van der Waals surface area contributed by atoms with Crippen molar-refractivity contribution in [3.05, 3.63) is 53.3 Å². The average molecular weight is 437 g/mol. The van der Waals surface area contributed by atoms with Crippen LogP contribution < -0.4 is 0 Å². The van der Waals surface area contributed by atoms with E-state index in [0.29, 0.717) is 24.8 Å². The first-order chi connectivity index (χ1) is 15.6. The number of piperidine rings is 1. The number of nitrogens with one attached hydrogen (secondary N) is 1. The molecular formula is C26H36N4O2. The Morgan fingerprint density at radius 3 is 2.50 bits per heavy atom. The van der Waals surface area contributed by atoms with Crippen molar-refractivity contribution in [2.24, 2.45) is 5.92 Å². The van der Waals surface area contributed by atoms with Crippen LogP contribution in [0.15, 0.2) is 36.5 Å². The van der Waals surface area contributed by atoms with Gasteiger partial charge in [-0.3, -0.25) is 14.7 Å². The highest BCUT2D eigenvalue weighted by Gasteiger charge is 2.29. The Kier molecular flexibility index (Phi) is 7.61. The van der Waals surface area contributed by atoms with Crippen LogP contribution in [-0.2, 0) is 11.3 Å². The number of H-pyrrole nitrogens is 1. The molecule has 2 fully saturated rings. The molecule has 1 N–H and O–H groups in total. The molecule has 2 aromatic rings. The largest absolute Gasteiger partial charge is 0.341 e. The fourth-order valence-corrected chi connectivity index (χ4v) is 5.23. The molecule has 2 aliphatic rings. The number of aromatic amines is 1. The summed E-state index contributed by atoms with van der Waals surface area (Å²) in [5.74, 6) is 1.27. The Hall–Kier alpha value is -2.63. The number of benzene rings is 1. The zero-order chi connectivity index (χ0) is 22.3. The van der Waals surface area contributed by atoms with E-state index in [1.807, 2.05) is 35.0 Å². The van der Waals surface area contributed by atoms with Gasteiger partial charge < -0.3 is 9.80 Å². The minimum Gasteiger partial charge on any atom is -0.341 e. The molecule has 0 radical (unpaired) electrons. The van der Waals surface area contributed by atoms with Crippen LogP contribution in [-0.4, -0.2) is 51.9 Å². The lowest BCUT2D eigenvalue weighted by Crippen LogP contribution is -2.39. The Balaban J connectivity index is 1.23. The van der Waals surface area contributed by atoms with E-state index in [1.165, 1.54) is 19.3 Å². The molecule has 1 aliphatic heterocycles. The van der Waals surface area contributed by atoms with Gasteiger partial charge in [0, 0.05) is 39.0 Å². The van der Waals surface area contributed by atoms with Crippen LogP contribution in [0.3, 0.4) is 0 Å². The lowest BCUT2D eigenvalue weighted by atomic mass is 9.85. The number of aromatic nitrogens is 2. The molecule has 1 saturated heterocycles. The van der Waals surface area contributed by atoms with E-state index in [2.05, 4.69) is 22.3 Å². The minimum absolute atomic E-state index is 0.122. The molecule has 2 heterocycles. The van der Waals surface area contributed by atoms with Gasteiger partial charge in [-0.25, -0.2) is 0 Å². The molecular weight excluding hydrogens is 400 g/mol. The first-order valence-electron chi connectivity index (χ1n) is 12.2. The third kappa shape index (κ3) is 5.59. The van der Waals surface area contributed by atoms with Crippen LogP contribution in [0.4, 0.5) is 0 Å². The van der Waals surface area contributed by atoms with E-state index < -0.39 is 0 Å². The van der Waals surface area contributed by atoms with E-state index >= 15 is 0 Å². The summed E-state index contributed by atoms with van der Waals surface area (Å²) in [6, 6.07) is 10.1. The van der Waals surface area contributed by atoms with Crippen LogP contribution in [0.1, 0.15) is 85.3 Å². The zero-order valence-corrected chi connectivity index (χ0v) is 19.3. The summed E-state index contributed by atoms with van der Waals surface area (Å²) in [4.78, 5) is 29.5. The van der Waals surface area contributed by atoms with Crippen LogP contribution in [0, 0.1) is 5.92 Å². The van der Waals surface area contributed by atoms with Gasteiger partial charge in [-0.1, -0.05) is 49.6 Å². The second-order valence-electron chi connectivity index (χ2n) is 9.54. The highest BCUT2D eigenvalue weighted by atomic mass is 16.2. The smallest absolute Gasteiger partial charge is 0.257 e. The average Bonchev–Trinajstić information content (AvgIpc) is 3.33. The van der Waals surface area contributed by atoms with E-state index in [9.17, 15) is 9.59 Å². The number of amides is 2. The molecule has 1 saturated carbocycles. The molecule has 0 atom stereocenters. The molecule has 0 spiro atoms. The van der Waals surface area contributed by atoms with E-state index in [-0.39, 0.29) is 11.8 Å². The van der Waals surface area contributed by atoms with Crippen molar-refractivity contribution in [2.75, 3.05) is 20.1 Å². The summed E-state index contributed by atoms with van der Waals surface area (Å²) in [5, 5.41) is 7.33. The van der Waals surface area contributed by atoms with Crippen molar-refractivity contribution in [2.45, 2.75) is 70.3 Å². The van der Waals surface area contributed by atoms with Gasteiger partial charge in [-0.05, 0) is 43.6 Å². The third-order valence-corrected chi connectivity index (χ3v) is 7.27. The van der Waals surface area contributed by atoms with Crippen molar-refractivity contribution < 1.29 is 9.59 Å². The lowest BCUT2D eigenvalue weighted by Gasteiger charge is -2.32. The Labute approximate surface area is 191 Å². The van der Waals surface area contributed by atoms with Gasteiger partial charge in [0.05, 0.1) is 17.5 Å². The highest BCUT2D eigenvalue weighted by Crippen LogP contribution is 2.34. The van der Waals surface area contributed by atoms with Gasteiger partial charge in [0.1, 0.15) is 0 Å². The number of hydrogen-bond donors (Lipinski definition) is 1. The summed E-state index contributed by atoms with van der Waals surface area (Å²) >= 11 is 0. The van der Waals surface area contributed by atoms with Gasteiger partial charge in [0.15, 0.2) is 0 Å². The molecule has 6 nitrogen and oxygen atoms in total. The fraction of sp³-hybridized carbons (Fsp3) is 0.577. The van der Waals surface area contributed by atoms with Gasteiger partial charge in [-0.15, -0.1) is 0 Å². The summed E-state index contributed by atoms with van der Waals surface area (Å²) in [6.07, 6.45) is 11.2. The molecule has 0 unspecified atom stereocenters. The predicted molar refractivity (Wildman–Crippen MR) is 125 cm³/mol. The number of likely N-dealkylation sites (tertiary alicyclic amines) is 1. The van der Waals surface area contributed by atoms with Crippen LogP contribution in [0.2, 0.25) is 0 Å². The van der Waals surface area contributed by atoms with Crippen molar-refractivity contribution in [1.82, 2.24) is 20.0 Å². The molecule has 6 heteroatoms.